The number of aliphatic imine (C=N–C) groups is 1. The summed E-state index contributed by atoms with van der Waals surface area (Å²) in [5, 5.41) is 9.50. The Morgan fingerprint density at radius 3 is 2.67 bits per heavy atom. The number of carbonyl (C=O) groups excluding carboxylic acids is 1. The molecule has 7 heteroatoms. The highest BCUT2D eigenvalue weighted by molar-refractivity contribution is 14.0. The standard InChI is InChI=1S/C23H30N4O2.HI/c1-3-24-22(28)20-7-5-6-18(15-20)16-27-23(25-4-2)26-12-10-17-8-9-21-19(14-17)11-13-29-21;/h5-9,14-15H,3-4,10-13,16H2,1-2H3,(H,24,28)(H2,25,26,27);1H. The molecule has 3 rings (SSSR count). The fourth-order valence-electron chi connectivity index (χ4n) is 3.31. The number of nitrogens with one attached hydrogen (secondary N) is 3. The summed E-state index contributed by atoms with van der Waals surface area (Å²) in [4.78, 5) is 16.7. The number of benzene rings is 2. The maximum Gasteiger partial charge on any atom is 0.251 e. The number of ether oxygens (including phenoxy) is 1. The van der Waals surface area contributed by atoms with Gasteiger partial charge in [0.2, 0.25) is 0 Å². The summed E-state index contributed by atoms with van der Waals surface area (Å²) >= 11 is 0. The van der Waals surface area contributed by atoms with Crippen molar-refractivity contribution in [3.05, 3.63) is 64.7 Å². The van der Waals surface area contributed by atoms with Crippen molar-refractivity contribution in [2.24, 2.45) is 4.99 Å². The SMILES string of the molecule is CCNC(=O)c1cccc(CN=C(NCC)NCCc2ccc3c(c2)CCO3)c1.I. The van der Waals surface area contributed by atoms with Crippen LogP contribution in [0.15, 0.2) is 47.5 Å². The largest absolute Gasteiger partial charge is 0.493 e. The highest BCUT2D eigenvalue weighted by Crippen LogP contribution is 2.25. The molecule has 0 atom stereocenters. The summed E-state index contributed by atoms with van der Waals surface area (Å²) in [5.41, 5.74) is 4.27. The molecule has 0 bridgehead atoms. The minimum Gasteiger partial charge on any atom is -0.493 e. The number of guanidine groups is 1. The van der Waals surface area contributed by atoms with Gasteiger partial charge < -0.3 is 20.7 Å². The van der Waals surface area contributed by atoms with E-state index < -0.39 is 0 Å². The molecule has 0 saturated heterocycles. The Morgan fingerprint density at radius 2 is 1.87 bits per heavy atom. The first-order valence-corrected chi connectivity index (χ1v) is 10.3. The van der Waals surface area contributed by atoms with Crippen molar-refractivity contribution in [1.82, 2.24) is 16.0 Å². The molecule has 1 heterocycles. The van der Waals surface area contributed by atoms with Crippen LogP contribution in [0.5, 0.6) is 5.75 Å². The van der Waals surface area contributed by atoms with Gasteiger partial charge in [-0.25, -0.2) is 4.99 Å². The van der Waals surface area contributed by atoms with E-state index in [9.17, 15) is 4.79 Å². The zero-order chi connectivity index (χ0) is 20.5. The highest BCUT2D eigenvalue weighted by Gasteiger charge is 2.11. The van der Waals surface area contributed by atoms with Gasteiger partial charge in [-0.2, -0.15) is 0 Å². The number of hydrogen-bond donors (Lipinski definition) is 3. The van der Waals surface area contributed by atoms with E-state index in [0.717, 1.165) is 49.8 Å². The van der Waals surface area contributed by atoms with Gasteiger partial charge in [-0.05, 0) is 55.2 Å². The van der Waals surface area contributed by atoms with Crippen molar-refractivity contribution in [3.8, 4) is 5.75 Å². The molecule has 162 valence electrons. The average molecular weight is 522 g/mol. The Hall–Kier alpha value is -2.29. The molecule has 0 aliphatic carbocycles. The lowest BCUT2D eigenvalue weighted by molar-refractivity contribution is 0.0955. The Bertz CT molecular complexity index is 870. The van der Waals surface area contributed by atoms with Crippen molar-refractivity contribution >= 4 is 35.8 Å². The van der Waals surface area contributed by atoms with Crippen LogP contribution in [0.3, 0.4) is 0 Å². The summed E-state index contributed by atoms with van der Waals surface area (Å²) in [6.07, 6.45) is 1.92. The molecule has 3 N–H and O–H groups in total. The van der Waals surface area contributed by atoms with E-state index in [1.807, 2.05) is 38.1 Å². The van der Waals surface area contributed by atoms with Gasteiger partial charge in [-0.3, -0.25) is 4.79 Å². The van der Waals surface area contributed by atoms with E-state index in [-0.39, 0.29) is 29.9 Å². The first-order valence-electron chi connectivity index (χ1n) is 10.3. The smallest absolute Gasteiger partial charge is 0.251 e. The van der Waals surface area contributed by atoms with E-state index in [4.69, 9.17) is 4.74 Å². The average Bonchev–Trinajstić information content (AvgIpc) is 3.20. The zero-order valence-electron chi connectivity index (χ0n) is 17.7. The van der Waals surface area contributed by atoms with Crippen LogP contribution in [0.4, 0.5) is 0 Å². The number of halogens is 1. The number of hydrogen-bond acceptors (Lipinski definition) is 3. The van der Waals surface area contributed by atoms with Crippen molar-refractivity contribution in [1.29, 1.82) is 0 Å². The van der Waals surface area contributed by atoms with Crippen LogP contribution in [0.25, 0.3) is 0 Å². The molecule has 1 amide bonds. The van der Waals surface area contributed by atoms with Gasteiger partial charge in [-0.1, -0.05) is 24.3 Å². The second-order valence-electron chi connectivity index (χ2n) is 6.97. The van der Waals surface area contributed by atoms with Gasteiger partial charge in [0.05, 0.1) is 13.2 Å². The molecule has 0 radical (unpaired) electrons. The quantitative estimate of drug-likeness (QED) is 0.283. The van der Waals surface area contributed by atoms with Gasteiger partial charge >= 0.3 is 0 Å². The third-order valence-electron chi connectivity index (χ3n) is 4.75. The molecule has 2 aromatic carbocycles. The van der Waals surface area contributed by atoms with Gasteiger partial charge in [0.15, 0.2) is 5.96 Å². The normalized spacial score (nSPS) is 12.4. The summed E-state index contributed by atoms with van der Waals surface area (Å²) in [6.45, 7) is 7.47. The second kappa shape index (κ2) is 12.4. The highest BCUT2D eigenvalue weighted by atomic mass is 127. The molecule has 0 fully saturated rings. The fourth-order valence-corrected chi connectivity index (χ4v) is 3.31. The monoisotopic (exact) mass is 522 g/mol. The summed E-state index contributed by atoms with van der Waals surface area (Å²) in [6, 6.07) is 14.0. The number of carbonyl (C=O) groups is 1. The van der Waals surface area contributed by atoms with Gasteiger partial charge in [0.1, 0.15) is 5.75 Å². The minimum atomic E-state index is -0.0527. The molecule has 1 aliphatic heterocycles. The number of amides is 1. The number of rotatable bonds is 8. The Labute approximate surface area is 195 Å². The van der Waals surface area contributed by atoms with E-state index in [0.29, 0.717) is 18.7 Å². The Balaban J connectivity index is 0.00000320. The molecule has 0 unspecified atom stereocenters. The molecule has 0 aromatic heterocycles. The molecular formula is C23H31IN4O2. The summed E-state index contributed by atoms with van der Waals surface area (Å²) in [7, 11) is 0. The first kappa shape index (κ1) is 24.0. The van der Waals surface area contributed by atoms with Crippen molar-refractivity contribution in [2.45, 2.75) is 33.2 Å². The van der Waals surface area contributed by atoms with Crippen LogP contribution < -0.4 is 20.7 Å². The van der Waals surface area contributed by atoms with Crippen LogP contribution in [0.2, 0.25) is 0 Å². The number of fused-ring (bicyclic) bond motifs is 1. The van der Waals surface area contributed by atoms with E-state index >= 15 is 0 Å². The lowest BCUT2D eigenvalue weighted by atomic mass is 10.1. The molecule has 6 nitrogen and oxygen atoms in total. The lowest BCUT2D eigenvalue weighted by Gasteiger charge is -2.12. The first-order chi connectivity index (χ1) is 14.2. The van der Waals surface area contributed by atoms with Gasteiger partial charge in [-0.15, -0.1) is 24.0 Å². The summed E-state index contributed by atoms with van der Waals surface area (Å²) < 4.78 is 5.57. The van der Waals surface area contributed by atoms with E-state index in [1.165, 1.54) is 11.1 Å². The van der Waals surface area contributed by atoms with Crippen LogP contribution >= 0.6 is 24.0 Å². The maximum absolute atomic E-state index is 12.0. The van der Waals surface area contributed by atoms with Gasteiger partial charge in [0, 0.05) is 31.6 Å². The fraction of sp³-hybridized carbons (Fsp3) is 0.391. The van der Waals surface area contributed by atoms with Gasteiger partial charge in [0.25, 0.3) is 5.91 Å². The van der Waals surface area contributed by atoms with Crippen molar-refractivity contribution in [3.63, 3.8) is 0 Å². The predicted molar refractivity (Wildman–Crippen MR) is 132 cm³/mol. The third kappa shape index (κ3) is 6.90. The van der Waals surface area contributed by atoms with E-state index in [2.05, 4.69) is 39.1 Å². The van der Waals surface area contributed by atoms with Crippen molar-refractivity contribution < 1.29 is 9.53 Å². The Kier molecular flexibility index (Phi) is 9.93. The van der Waals surface area contributed by atoms with E-state index in [1.54, 1.807) is 0 Å². The molecule has 0 saturated carbocycles. The van der Waals surface area contributed by atoms with Crippen LogP contribution in [-0.2, 0) is 19.4 Å². The lowest BCUT2D eigenvalue weighted by Crippen LogP contribution is -2.38. The summed E-state index contributed by atoms with van der Waals surface area (Å²) in [5.74, 6) is 1.75. The number of nitrogens with zero attached hydrogens (tertiary/aromatic N) is 1. The zero-order valence-corrected chi connectivity index (χ0v) is 20.0. The van der Waals surface area contributed by atoms with Crippen LogP contribution in [-0.4, -0.2) is 38.1 Å². The molecule has 1 aliphatic rings. The second-order valence-corrected chi connectivity index (χ2v) is 6.97. The Morgan fingerprint density at radius 1 is 1.03 bits per heavy atom. The molecule has 2 aromatic rings. The van der Waals surface area contributed by atoms with Crippen LogP contribution in [0, 0.1) is 0 Å². The molecule has 30 heavy (non-hydrogen) atoms. The maximum atomic E-state index is 12.0. The third-order valence-corrected chi connectivity index (χ3v) is 4.75. The van der Waals surface area contributed by atoms with Crippen molar-refractivity contribution in [2.75, 3.05) is 26.2 Å². The minimum absolute atomic E-state index is 0. The topological polar surface area (TPSA) is 74.8 Å². The molecular weight excluding hydrogens is 491 g/mol. The van der Waals surface area contributed by atoms with Crippen LogP contribution in [0.1, 0.15) is 40.9 Å². The predicted octanol–water partition coefficient (Wildman–Crippen LogP) is 3.29. The molecule has 0 spiro atoms.